The zero-order valence-corrected chi connectivity index (χ0v) is 10.5. The summed E-state index contributed by atoms with van der Waals surface area (Å²) in [5, 5.41) is 0. The van der Waals surface area contributed by atoms with Crippen molar-refractivity contribution in [1.82, 2.24) is 4.90 Å². The Bertz CT molecular complexity index is 255. The van der Waals surface area contributed by atoms with Gasteiger partial charge in [0.15, 0.2) is 0 Å². The second-order valence-corrected chi connectivity index (χ2v) is 5.61. The van der Waals surface area contributed by atoms with Gasteiger partial charge in [-0.2, -0.15) is 0 Å². The van der Waals surface area contributed by atoms with Crippen LogP contribution in [0.3, 0.4) is 0 Å². The van der Waals surface area contributed by atoms with E-state index in [9.17, 15) is 4.79 Å². The summed E-state index contributed by atoms with van der Waals surface area (Å²) in [7, 11) is 0. The number of carbonyl (C=O) groups is 1. The molecule has 2 rings (SSSR count). The number of fused-ring (bicyclic) bond motifs is 1. The average Bonchev–Trinajstić information content (AvgIpc) is 2.85. The number of rotatable bonds is 3. The van der Waals surface area contributed by atoms with Gasteiger partial charge in [0.25, 0.3) is 0 Å². The van der Waals surface area contributed by atoms with Crippen molar-refractivity contribution in [3.63, 3.8) is 0 Å². The van der Waals surface area contributed by atoms with Crippen molar-refractivity contribution in [2.45, 2.75) is 45.6 Å². The first-order valence-electron chi connectivity index (χ1n) is 6.67. The van der Waals surface area contributed by atoms with E-state index in [0.29, 0.717) is 5.92 Å². The molecule has 0 aromatic carbocycles. The van der Waals surface area contributed by atoms with Crippen LogP contribution in [0, 0.1) is 17.8 Å². The van der Waals surface area contributed by atoms with E-state index in [1.807, 2.05) is 4.90 Å². The molecule has 0 aromatic rings. The van der Waals surface area contributed by atoms with Gasteiger partial charge in [0.2, 0.25) is 5.91 Å². The Labute approximate surface area is 98.4 Å². The zero-order chi connectivity index (χ0) is 11.7. The molecule has 1 amide bonds. The quantitative estimate of drug-likeness (QED) is 0.792. The molecule has 0 aromatic heterocycles. The summed E-state index contributed by atoms with van der Waals surface area (Å²) in [4.78, 5) is 14.2. The topological polar surface area (TPSA) is 46.3 Å². The molecule has 1 saturated heterocycles. The second-order valence-electron chi connectivity index (χ2n) is 5.61. The molecule has 1 aliphatic heterocycles. The van der Waals surface area contributed by atoms with Crippen LogP contribution in [0.4, 0.5) is 0 Å². The summed E-state index contributed by atoms with van der Waals surface area (Å²) in [6, 6.07) is -0.288. The van der Waals surface area contributed by atoms with Gasteiger partial charge in [-0.3, -0.25) is 4.79 Å². The molecule has 16 heavy (non-hydrogen) atoms. The van der Waals surface area contributed by atoms with Crippen LogP contribution in [0.2, 0.25) is 0 Å². The highest BCUT2D eigenvalue weighted by atomic mass is 16.2. The summed E-state index contributed by atoms with van der Waals surface area (Å²) in [5.74, 6) is 2.03. The van der Waals surface area contributed by atoms with Crippen LogP contribution in [0.1, 0.15) is 39.5 Å². The normalized spacial score (nSPS) is 32.6. The van der Waals surface area contributed by atoms with E-state index in [1.165, 1.54) is 19.3 Å². The minimum Gasteiger partial charge on any atom is -0.341 e. The molecule has 2 N–H and O–H groups in total. The SMILES string of the molecule is CC[C@H](C)[C@H](N)C(=O)N1CC2CCCC2C1. The van der Waals surface area contributed by atoms with Crippen LogP contribution in [0.25, 0.3) is 0 Å². The van der Waals surface area contributed by atoms with Gasteiger partial charge in [-0.05, 0) is 30.6 Å². The van der Waals surface area contributed by atoms with Crippen LogP contribution >= 0.6 is 0 Å². The summed E-state index contributed by atoms with van der Waals surface area (Å²) < 4.78 is 0. The standard InChI is InChI=1S/C13H24N2O/c1-3-9(2)12(14)13(16)15-7-10-5-4-6-11(10)8-15/h9-12H,3-8,14H2,1-2H3/t9-,10?,11?,12-/m0/s1. The predicted octanol–water partition coefficient (Wildman–Crippen LogP) is 1.62. The van der Waals surface area contributed by atoms with Gasteiger partial charge >= 0.3 is 0 Å². The molecule has 3 heteroatoms. The number of hydrogen-bond donors (Lipinski definition) is 1. The molecule has 1 heterocycles. The zero-order valence-electron chi connectivity index (χ0n) is 10.5. The van der Waals surface area contributed by atoms with Crippen LogP contribution < -0.4 is 5.73 Å². The third-order valence-electron chi connectivity index (χ3n) is 4.58. The molecule has 2 aliphatic rings. The lowest BCUT2D eigenvalue weighted by atomic mass is 9.99. The van der Waals surface area contributed by atoms with E-state index in [4.69, 9.17) is 5.73 Å². The van der Waals surface area contributed by atoms with Crippen molar-refractivity contribution in [2.75, 3.05) is 13.1 Å². The first-order chi connectivity index (χ1) is 7.63. The Morgan fingerprint density at radius 1 is 1.38 bits per heavy atom. The molecule has 0 radical (unpaired) electrons. The first kappa shape index (κ1) is 11.9. The molecule has 92 valence electrons. The number of hydrogen-bond acceptors (Lipinski definition) is 2. The van der Waals surface area contributed by atoms with Crippen molar-refractivity contribution >= 4 is 5.91 Å². The molecule has 0 spiro atoms. The van der Waals surface area contributed by atoms with Crippen molar-refractivity contribution in [1.29, 1.82) is 0 Å². The summed E-state index contributed by atoms with van der Waals surface area (Å²) in [6.07, 6.45) is 4.96. The number of amides is 1. The van der Waals surface area contributed by atoms with Crippen molar-refractivity contribution in [3.05, 3.63) is 0 Å². The minimum atomic E-state index is -0.288. The van der Waals surface area contributed by atoms with E-state index >= 15 is 0 Å². The van der Waals surface area contributed by atoms with Crippen LogP contribution in [0.5, 0.6) is 0 Å². The largest absolute Gasteiger partial charge is 0.341 e. The Kier molecular flexibility index (Phi) is 3.53. The fourth-order valence-corrected chi connectivity index (χ4v) is 3.12. The number of carbonyl (C=O) groups excluding carboxylic acids is 1. The lowest BCUT2D eigenvalue weighted by Crippen LogP contribution is -2.46. The lowest BCUT2D eigenvalue weighted by Gasteiger charge is -2.24. The highest BCUT2D eigenvalue weighted by Crippen LogP contribution is 2.37. The highest BCUT2D eigenvalue weighted by Gasteiger charge is 2.39. The van der Waals surface area contributed by atoms with Crippen molar-refractivity contribution in [3.8, 4) is 0 Å². The maximum absolute atomic E-state index is 12.2. The third kappa shape index (κ3) is 2.10. The molecule has 2 fully saturated rings. The van der Waals surface area contributed by atoms with Gasteiger partial charge in [0.1, 0.15) is 0 Å². The second kappa shape index (κ2) is 4.74. The van der Waals surface area contributed by atoms with E-state index in [1.54, 1.807) is 0 Å². The van der Waals surface area contributed by atoms with Crippen molar-refractivity contribution in [2.24, 2.45) is 23.5 Å². The van der Waals surface area contributed by atoms with Crippen molar-refractivity contribution < 1.29 is 4.79 Å². The Hall–Kier alpha value is -0.570. The van der Waals surface area contributed by atoms with Gasteiger partial charge in [-0.15, -0.1) is 0 Å². The molecule has 2 unspecified atom stereocenters. The number of nitrogens with zero attached hydrogens (tertiary/aromatic N) is 1. The maximum atomic E-state index is 12.2. The summed E-state index contributed by atoms with van der Waals surface area (Å²) >= 11 is 0. The third-order valence-corrected chi connectivity index (χ3v) is 4.58. The molecule has 1 aliphatic carbocycles. The van der Waals surface area contributed by atoms with Crippen LogP contribution in [0.15, 0.2) is 0 Å². The molecular weight excluding hydrogens is 200 g/mol. The van der Waals surface area contributed by atoms with Gasteiger partial charge in [-0.25, -0.2) is 0 Å². The summed E-state index contributed by atoms with van der Waals surface area (Å²) in [5.41, 5.74) is 6.01. The van der Waals surface area contributed by atoms with Crippen LogP contribution in [-0.4, -0.2) is 29.9 Å². The molecule has 4 atom stereocenters. The first-order valence-corrected chi connectivity index (χ1v) is 6.67. The average molecular weight is 224 g/mol. The molecule has 0 bridgehead atoms. The van der Waals surface area contributed by atoms with Crippen LogP contribution in [-0.2, 0) is 4.79 Å². The Morgan fingerprint density at radius 2 is 1.94 bits per heavy atom. The maximum Gasteiger partial charge on any atom is 0.239 e. The fraction of sp³-hybridized carbons (Fsp3) is 0.923. The van der Waals surface area contributed by atoms with Gasteiger partial charge in [0, 0.05) is 13.1 Å². The summed E-state index contributed by atoms with van der Waals surface area (Å²) in [6.45, 7) is 6.09. The lowest BCUT2D eigenvalue weighted by molar-refractivity contribution is -0.133. The van der Waals surface area contributed by atoms with E-state index in [-0.39, 0.29) is 11.9 Å². The fourth-order valence-electron chi connectivity index (χ4n) is 3.12. The molecule has 3 nitrogen and oxygen atoms in total. The minimum absolute atomic E-state index is 0.184. The van der Waals surface area contributed by atoms with Gasteiger partial charge < -0.3 is 10.6 Å². The molecule has 1 saturated carbocycles. The number of likely N-dealkylation sites (tertiary alicyclic amines) is 1. The van der Waals surface area contributed by atoms with Gasteiger partial charge in [-0.1, -0.05) is 26.7 Å². The smallest absolute Gasteiger partial charge is 0.239 e. The van der Waals surface area contributed by atoms with E-state index in [0.717, 1.165) is 31.3 Å². The van der Waals surface area contributed by atoms with E-state index in [2.05, 4.69) is 13.8 Å². The molecular formula is C13H24N2O. The highest BCUT2D eigenvalue weighted by molar-refractivity contribution is 5.82. The number of nitrogens with two attached hydrogens (primary N) is 1. The Morgan fingerprint density at radius 3 is 2.44 bits per heavy atom. The predicted molar refractivity (Wildman–Crippen MR) is 64.8 cm³/mol. The van der Waals surface area contributed by atoms with Gasteiger partial charge in [0.05, 0.1) is 6.04 Å². The Balaban J connectivity index is 1.91. The monoisotopic (exact) mass is 224 g/mol. The van der Waals surface area contributed by atoms with E-state index < -0.39 is 0 Å².